The Bertz CT molecular complexity index is 268. The van der Waals surface area contributed by atoms with Gasteiger partial charge in [-0.3, -0.25) is 9.69 Å². The number of nitrogens with two attached hydrogens (primary N) is 1. The largest absolute Gasteiger partial charge is 0.383 e. The van der Waals surface area contributed by atoms with Crippen LogP contribution in [0.2, 0.25) is 0 Å². The summed E-state index contributed by atoms with van der Waals surface area (Å²) in [5.74, 6) is 0.0960. The average Bonchev–Trinajstić information content (AvgIpc) is 2.47. The van der Waals surface area contributed by atoms with E-state index in [2.05, 4.69) is 15.1 Å². The quantitative estimate of drug-likeness (QED) is 0.559. The van der Waals surface area contributed by atoms with Gasteiger partial charge in [-0.1, -0.05) is 0 Å². The monoisotopic (exact) mass is 286 g/mol. The molecule has 0 aromatic heterocycles. The van der Waals surface area contributed by atoms with E-state index >= 15 is 0 Å². The van der Waals surface area contributed by atoms with Crippen LogP contribution in [0.1, 0.15) is 19.8 Å². The highest BCUT2D eigenvalue weighted by Crippen LogP contribution is 2.07. The van der Waals surface area contributed by atoms with Gasteiger partial charge in [0.2, 0.25) is 5.91 Å². The molecule has 0 aliphatic carbocycles. The van der Waals surface area contributed by atoms with E-state index in [1.165, 1.54) is 6.42 Å². The first-order chi connectivity index (χ1) is 9.69. The molecule has 1 fully saturated rings. The Morgan fingerprint density at radius 1 is 1.30 bits per heavy atom. The summed E-state index contributed by atoms with van der Waals surface area (Å²) in [4.78, 5) is 16.7. The number of carbonyl (C=O) groups excluding carboxylic acids is 1. The molecule has 1 aliphatic heterocycles. The van der Waals surface area contributed by atoms with Crippen LogP contribution in [-0.2, 0) is 9.53 Å². The van der Waals surface area contributed by atoms with Crippen LogP contribution in [0.5, 0.6) is 0 Å². The van der Waals surface area contributed by atoms with Gasteiger partial charge in [-0.2, -0.15) is 0 Å². The van der Waals surface area contributed by atoms with Crippen molar-refractivity contribution in [1.82, 2.24) is 15.1 Å². The number of nitrogens with zero attached hydrogens (tertiary/aromatic N) is 2. The van der Waals surface area contributed by atoms with Gasteiger partial charge >= 0.3 is 0 Å². The molecule has 1 unspecified atom stereocenters. The summed E-state index contributed by atoms with van der Waals surface area (Å²) in [6.45, 7) is 9.03. The Balaban J connectivity index is 2.20. The first-order valence-corrected chi connectivity index (χ1v) is 7.62. The van der Waals surface area contributed by atoms with Gasteiger partial charge in [-0.05, 0) is 32.9 Å². The summed E-state index contributed by atoms with van der Waals surface area (Å²) in [6, 6.07) is -0.0574. The van der Waals surface area contributed by atoms with E-state index in [1.54, 1.807) is 7.11 Å². The van der Waals surface area contributed by atoms with Gasteiger partial charge in [-0.25, -0.2) is 0 Å². The van der Waals surface area contributed by atoms with Crippen LogP contribution in [0.15, 0.2) is 0 Å². The topological polar surface area (TPSA) is 70.8 Å². The lowest BCUT2D eigenvalue weighted by atomic mass is 10.2. The van der Waals surface area contributed by atoms with Gasteiger partial charge < -0.3 is 20.7 Å². The molecule has 1 amide bonds. The van der Waals surface area contributed by atoms with Crippen LogP contribution in [0.4, 0.5) is 0 Å². The Labute approximate surface area is 122 Å². The van der Waals surface area contributed by atoms with Crippen molar-refractivity contribution in [1.29, 1.82) is 0 Å². The molecule has 6 heteroatoms. The predicted molar refractivity (Wildman–Crippen MR) is 80.6 cm³/mol. The lowest BCUT2D eigenvalue weighted by Gasteiger charge is -2.37. The maximum atomic E-state index is 12.0. The van der Waals surface area contributed by atoms with Crippen molar-refractivity contribution < 1.29 is 9.53 Å². The number of rotatable bonds is 9. The minimum atomic E-state index is -0.0574. The number of hydrogen-bond acceptors (Lipinski definition) is 5. The summed E-state index contributed by atoms with van der Waals surface area (Å²) >= 11 is 0. The summed E-state index contributed by atoms with van der Waals surface area (Å²) < 4.78 is 4.93. The number of amides is 1. The van der Waals surface area contributed by atoms with Crippen LogP contribution in [-0.4, -0.2) is 81.3 Å². The zero-order valence-corrected chi connectivity index (χ0v) is 12.9. The number of unbranched alkanes of at least 4 members (excludes halogenated alkanes) is 1. The number of hydrogen-bond donors (Lipinski definition) is 2. The van der Waals surface area contributed by atoms with Gasteiger partial charge in [0.1, 0.15) is 0 Å². The molecule has 0 spiro atoms. The number of carbonyl (C=O) groups is 1. The minimum absolute atomic E-state index is 0.0574. The van der Waals surface area contributed by atoms with E-state index in [-0.39, 0.29) is 11.9 Å². The Morgan fingerprint density at radius 2 is 2.00 bits per heavy atom. The minimum Gasteiger partial charge on any atom is -0.383 e. The summed E-state index contributed by atoms with van der Waals surface area (Å²) in [6.07, 6.45) is 2.27. The summed E-state index contributed by atoms with van der Waals surface area (Å²) in [5.41, 5.74) is 5.51. The standard InChI is InChI=1S/C14H30N4O2/c1-13(14(19)16-6-12-20-2)18-10-8-17(9-11-18)7-4-3-5-15/h13H,3-12,15H2,1-2H3,(H,16,19). The molecule has 1 heterocycles. The fourth-order valence-electron chi connectivity index (χ4n) is 2.44. The zero-order chi connectivity index (χ0) is 14.8. The second kappa shape index (κ2) is 10.1. The SMILES string of the molecule is COCCNC(=O)C(C)N1CCN(CCCCN)CC1. The number of piperazine rings is 1. The van der Waals surface area contributed by atoms with Crippen LogP contribution in [0, 0.1) is 0 Å². The van der Waals surface area contributed by atoms with Gasteiger partial charge in [0, 0.05) is 39.8 Å². The molecule has 1 saturated heterocycles. The molecule has 3 N–H and O–H groups in total. The van der Waals surface area contributed by atoms with Crippen LogP contribution in [0.3, 0.4) is 0 Å². The fraction of sp³-hybridized carbons (Fsp3) is 0.929. The number of nitrogens with one attached hydrogen (secondary N) is 1. The van der Waals surface area contributed by atoms with Crippen molar-refractivity contribution in [3.8, 4) is 0 Å². The van der Waals surface area contributed by atoms with Crippen LogP contribution in [0.25, 0.3) is 0 Å². The fourth-order valence-corrected chi connectivity index (χ4v) is 2.44. The smallest absolute Gasteiger partial charge is 0.237 e. The van der Waals surface area contributed by atoms with Crippen molar-refractivity contribution in [2.45, 2.75) is 25.8 Å². The first kappa shape index (κ1) is 17.4. The maximum Gasteiger partial charge on any atom is 0.237 e. The number of ether oxygens (including phenoxy) is 1. The normalized spacial score (nSPS) is 18.9. The van der Waals surface area contributed by atoms with Gasteiger partial charge in [-0.15, -0.1) is 0 Å². The molecule has 1 aliphatic rings. The van der Waals surface area contributed by atoms with Crippen LogP contribution < -0.4 is 11.1 Å². The molecule has 6 nitrogen and oxygen atoms in total. The van der Waals surface area contributed by atoms with Crippen LogP contribution >= 0.6 is 0 Å². The van der Waals surface area contributed by atoms with Crippen molar-refractivity contribution in [3.63, 3.8) is 0 Å². The molecule has 1 rings (SSSR count). The number of methoxy groups -OCH3 is 1. The molecule has 20 heavy (non-hydrogen) atoms. The maximum absolute atomic E-state index is 12.0. The van der Waals surface area contributed by atoms with E-state index < -0.39 is 0 Å². The first-order valence-electron chi connectivity index (χ1n) is 7.62. The Kier molecular flexibility index (Phi) is 8.77. The summed E-state index contributed by atoms with van der Waals surface area (Å²) in [7, 11) is 1.64. The predicted octanol–water partition coefficient (Wildman–Crippen LogP) is -0.506. The molecule has 118 valence electrons. The summed E-state index contributed by atoms with van der Waals surface area (Å²) in [5, 5.41) is 2.90. The zero-order valence-electron chi connectivity index (χ0n) is 12.9. The van der Waals surface area contributed by atoms with Crippen molar-refractivity contribution in [2.75, 3.05) is 59.5 Å². The van der Waals surface area contributed by atoms with Gasteiger partial charge in [0.15, 0.2) is 0 Å². The van der Waals surface area contributed by atoms with Crippen molar-refractivity contribution in [3.05, 3.63) is 0 Å². The molecule has 0 saturated carbocycles. The molecule has 0 aromatic rings. The van der Waals surface area contributed by atoms with E-state index in [0.29, 0.717) is 13.2 Å². The molecular weight excluding hydrogens is 256 g/mol. The van der Waals surface area contributed by atoms with E-state index in [4.69, 9.17) is 10.5 Å². The third-order valence-electron chi connectivity index (χ3n) is 3.87. The molecule has 0 radical (unpaired) electrons. The molecule has 1 atom stereocenters. The van der Waals surface area contributed by atoms with Gasteiger partial charge in [0.05, 0.1) is 12.6 Å². The Hall–Kier alpha value is -0.690. The van der Waals surface area contributed by atoms with Crippen molar-refractivity contribution >= 4 is 5.91 Å². The average molecular weight is 286 g/mol. The molecular formula is C14H30N4O2. The second-order valence-electron chi connectivity index (χ2n) is 5.33. The highest BCUT2D eigenvalue weighted by molar-refractivity contribution is 5.81. The molecule has 0 bridgehead atoms. The molecule has 0 aromatic carbocycles. The van der Waals surface area contributed by atoms with E-state index in [1.807, 2.05) is 6.92 Å². The third-order valence-corrected chi connectivity index (χ3v) is 3.87. The third kappa shape index (κ3) is 6.17. The Morgan fingerprint density at radius 3 is 2.60 bits per heavy atom. The highest BCUT2D eigenvalue weighted by atomic mass is 16.5. The second-order valence-corrected chi connectivity index (χ2v) is 5.33. The highest BCUT2D eigenvalue weighted by Gasteiger charge is 2.24. The lowest BCUT2D eigenvalue weighted by Crippen LogP contribution is -2.54. The van der Waals surface area contributed by atoms with E-state index in [9.17, 15) is 4.79 Å². The lowest BCUT2D eigenvalue weighted by molar-refractivity contribution is -0.126. The van der Waals surface area contributed by atoms with Gasteiger partial charge in [0.25, 0.3) is 0 Å². The van der Waals surface area contributed by atoms with E-state index in [0.717, 1.165) is 45.7 Å². The van der Waals surface area contributed by atoms with Crippen molar-refractivity contribution in [2.24, 2.45) is 5.73 Å².